The van der Waals surface area contributed by atoms with Crippen LogP contribution in [0.15, 0.2) is 60.7 Å². The van der Waals surface area contributed by atoms with Crippen LogP contribution in [-0.4, -0.2) is 16.5 Å². The van der Waals surface area contributed by atoms with Crippen molar-refractivity contribution in [1.82, 2.24) is 10.3 Å². The van der Waals surface area contributed by atoms with Gasteiger partial charge in [0, 0.05) is 28.6 Å². The Morgan fingerprint density at radius 1 is 0.833 bits per heavy atom. The summed E-state index contributed by atoms with van der Waals surface area (Å²) in [7, 11) is 0. The molecule has 0 bridgehead atoms. The van der Waals surface area contributed by atoms with Crippen LogP contribution in [0.1, 0.15) is 11.1 Å². The van der Waals surface area contributed by atoms with Crippen LogP contribution >= 0.6 is 12.2 Å². The first-order chi connectivity index (χ1) is 11.8. The molecule has 2 N–H and O–H groups in total. The van der Waals surface area contributed by atoms with Crippen LogP contribution in [0.25, 0.3) is 32.9 Å². The highest BCUT2D eigenvalue weighted by Crippen LogP contribution is 2.37. The minimum atomic E-state index is 0.850. The van der Waals surface area contributed by atoms with Gasteiger partial charge in [-0.1, -0.05) is 66.8 Å². The highest BCUT2D eigenvalue weighted by atomic mass is 32.1. The smallest absolute Gasteiger partial charge is 0.107 e. The van der Waals surface area contributed by atoms with E-state index in [2.05, 4.69) is 71.0 Å². The molecule has 0 saturated heterocycles. The summed E-state index contributed by atoms with van der Waals surface area (Å²) in [6, 6.07) is 21.4. The van der Waals surface area contributed by atoms with E-state index in [0.717, 1.165) is 29.0 Å². The minimum Gasteiger partial charge on any atom is -0.375 e. The van der Waals surface area contributed by atoms with Crippen molar-refractivity contribution in [2.45, 2.75) is 6.42 Å². The van der Waals surface area contributed by atoms with Gasteiger partial charge >= 0.3 is 0 Å². The van der Waals surface area contributed by atoms with E-state index in [4.69, 9.17) is 12.2 Å². The van der Waals surface area contributed by atoms with Crippen molar-refractivity contribution >= 4 is 38.9 Å². The number of hydrogen-bond donors (Lipinski definition) is 2. The maximum absolute atomic E-state index is 5.56. The fourth-order valence-electron chi connectivity index (χ4n) is 3.83. The van der Waals surface area contributed by atoms with Crippen LogP contribution in [0.4, 0.5) is 0 Å². The molecular weight excluding hydrogens is 312 g/mol. The van der Waals surface area contributed by atoms with Crippen LogP contribution < -0.4 is 5.32 Å². The Balaban J connectivity index is 1.89. The first-order valence-corrected chi connectivity index (χ1v) is 8.63. The third kappa shape index (κ3) is 1.91. The van der Waals surface area contributed by atoms with Gasteiger partial charge in [-0.2, -0.15) is 0 Å². The second-order valence-corrected chi connectivity index (χ2v) is 6.65. The number of nitrogens with one attached hydrogen (secondary N) is 2. The van der Waals surface area contributed by atoms with Crippen molar-refractivity contribution < 1.29 is 0 Å². The van der Waals surface area contributed by atoms with Gasteiger partial charge in [-0.15, -0.1) is 0 Å². The molecule has 1 aliphatic rings. The normalized spacial score (nSPS) is 13.9. The van der Waals surface area contributed by atoms with Crippen molar-refractivity contribution in [2.75, 3.05) is 6.54 Å². The molecule has 5 rings (SSSR count). The fraction of sp³-hybridized carbons (Fsp3) is 0.0952. The molecule has 0 amide bonds. The van der Waals surface area contributed by atoms with Crippen molar-refractivity contribution in [1.29, 1.82) is 0 Å². The molecule has 0 fully saturated rings. The van der Waals surface area contributed by atoms with Crippen molar-refractivity contribution in [2.24, 2.45) is 0 Å². The summed E-state index contributed by atoms with van der Waals surface area (Å²) in [5.41, 5.74) is 6.15. The molecule has 0 aliphatic carbocycles. The standard InChI is InChI=1S/C21H16N2S/c24-21-17-9-4-10-18-19(17)16(11-12-22-21)20(23-18)15-8-3-6-13-5-1-2-7-14(13)15/h1-10,23H,11-12H2,(H,22,24). The zero-order chi connectivity index (χ0) is 16.1. The van der Waals surface area contributed by atoms with Gasteiger partial charge in [0.05, 0.1) is 5.69 Å². The molecular formula is C21H16N2S. The number of rotatable bonds is 1. The number of aromatic nitrogens is 1. The lowest BCUT2D eigenvalue weighted by molar-refractivity contribution is 0.889. The SMILES string of the molecule is S=C1NCCc2c(-c3cccc4ccccc34)[nH]c3cccc1c23. The van der Waals surface area contributed by atoms with E-state index >= 15 is 0 Å². The van der Waals surface area contributed by atoms with E-state index in [9.17, 15) is 0 Å². The third-order valence-corrected chi connectivity index (χ3v) is 5.26. The predicted molar refractivity (Wildman–Crippen MR) is 105 cm³/mol. The zero-order valence-corrected chi connectivity index (χ0v) is 13.9. The van der Waals surface area contributed by atoms with Crippen LogP contribution in [-0.2, 0) is 6.42 Å². The molecule has 3 aromatic carbocycles. The summed E-state index contributed by atoms with van der Waals surface area (Å²) >= 11 is 5.56. The van der Waals surface area contributed by atoms with Crippen molar-refractivity contribution in [3.63, 3.8) is 0 Å². The molecule has 2 nitrogen and oxygen atoms in total. The number of hydrogen-bond acceptors (Lipinski definition) is 1. The largest absolute Gasteiger partial charge is 0.375 e. The molecule has 1 aliphatic heterocycles. The average Bonchev–Trinajstić information content (AvgIpc) is 2.90. The third-order valence-electron chi connectivity index (χ3n) is 4.89. The van der Waals surface area contributed by atoms with E-state index < -0.39 is 0 Å². The second-order valence-electron chi connectivity index (χ2n) is 6.24. The van der Waals surface area contributed by atoms with Gasteiger partial charge in [0.25, 0.3) is 0 Å². The summed E-state index contributed by atoms with van der Waals surface area (Å²) in [5, 5.41) is 7.19. The Kier molecular flexibility index (Phi) is 2.97. The van der Waals surface area contributed by atoms with Gasteiger partial charge < -0.3 is 10.3 Å². The Bertz CT molecular complexity index is 1100. The van der Waals surface area contributed by atoms with Crippen molar-refractivity contribution in [3.05, 3.63) is 71.8 Å². The molecule has 0 spiro atoms. The summed E-state index contributed by atoms with van der Waals surface area (Å²) in [6.07, 6.45) is 0.968. The lowest BCUT2D eigenvalue weighted by Crippen LogP contribution is -2.22. The zero-order valence-electron chi connectivity index (χ0n) is 13.1. The fourth-order valence-corrected chi connectivity index (χ4v) is 4.10. The Hall–Kier alpha value is -2.65. The van der Waals surface area contributed by atoms with Gasteiger partial charge in [-0.25, -0.2) is 0 Å². The highest BCUT2D eigenvalue weighted by molar-refractivity contribution is 7.80. The summed E-state index contributed by atoms with van der Waals surface area (Å²) < 4.78 is 0. The van der Waals surface area contributed by atoms with E-state index in [0.29, 0.717) is 0 Å². The monoisotopic (exact) mass is 328 g/mol. The van der Waals surface area contributed by atoms with E-state index in [-0.39, 0.29) is 0 Å². The summed E-state index contributed by atoms with van der Waals surface area (Å²) in [4.78, 5) is 4.52. The van der Waals surface area contributed by atoms with Gasteiger partial charge in [-0.3, -0.25) is 0 Å². The highest BCUT2D eigenvalue weighted by Gasteiger charge is 2.21. The summed E-state index contributed by atoms with van der Waals surface area (Å²) in [5.74, 6) is 0. The van der Waals surface area contributed by atoms with Crippen molar-refractivity contribution in [3.8, 4) is 11.3 Å². The van der Waals surface area contributed by atoms with Gasteiger partial charge in [0.15, 0.2) is 0 Å². The number of H-pyrrole nitrogens is 1. The molecule has 2 heterocycles. The van der Waals surface area contributed by atoms with Gasteiger partial charge in [-0.05, 0) is 28.8 Å². The maximum atomic E-state index is 5.56. The maximum Gasteiger partial charge on any atom is 0.107 e. The number of benzene rings is 3. The predicted octanol–water partition coefficient (Wildman–Crippen LogP) is 4.81. The van der Waals surface area contributed by atoms with E-state index in [1.807, 2.05) is 0 Å². The Labute approximate surface area is 145 Å². The van der Waals surface area contributed by atoms with Crippen LogP contribution in [0.5, 0.6) is 0 Å². The van der Waals surface area contributed by atoms with E-state index in [1.165, 1.54) is 33.0 Å². The molecule has 0 unspecified atom stereocenters. The Morgan fingerprint density at radius 3 is 2.58 bits per heavy atom. The van der Waals surface area contributed by atoms with Crippen LogP contribution in [0, 0.1) is 0 Å². The molecule has 116 valence electrons. The molecule has 0 saturated carbocycles. The second kappa shape index (κ2) is 5.18. The number of fused-ring (bicyclic) bond motifs is 1. The summed E-state index contributed by atoms with van der Waals surface area (Å²) in [6.45, 7) is 0.873. The van der Waals surface area contributed by atoms with Crippen LogP contribution in [0.3, 0.4) is 0 Å². The lowest BCUT2D eigenvalue weighted by Gasteiger charge is -2.08. The molecule has 24 heavy (non-hydrogen) atoms. The quantitative estimate of drug-likeness (QED) is 0.491. The van der Waals surface area contributed by atoms with Crippen LogP contribution in [0.2, 0.25) is 0 Å². The minimum absolute atomic E-state index is 0.850. The first kappa shape index (κ1) is 13.8. The molecule has 3 heteroatoms. The molecule has 0 radical (unpaired) electrons. The number of aromatic amines is 1. The molecule has 0 atom stereocenters. The lowest BCUT2D eigenvalue weighted by atomic mass is 9.97. The number of thiocarbonyl (C=S) groups is 1. The van der Waals surface area contributed by atoms with Gasteiger partial charge in [0.2, 0.25) is 0 Å². The average molecular weight is 328 g/mol. The first-order valence-electron chi connectivity index (χ1n) is 8.23. The van der Waals surface area contributed by atoms with Gasteiger partial charge in [0.1, 0.15) is 4.99 Å². The Morgan fingerprint density at radius 2 is 1.62 bits per heavy atom. The molecule has 4 aromatic rings. The molecule has 1 aromatic heterocycles. The van der Waals surface area contributed by atoms with E-state index in [1.54, 1.807) is 0 Å². The topological polar surface area (TPSA) is 27.8 Å².